The highest BCUT2D eigenvalue weighted by Gasteiger charge is 2.46. The molecule has 2 bridgehead atoms. The number of piperidine rings is 1. The molecular formula is C18H22ClNO2. The first-order valence-electron chi connectivity index (χ1n) is 8.03. The number of esters is 1. The van der Waals surface area contributed by atoms with Gasteiger partial charge < -0.3 is 9.64 Å². The Labute approximate surface area is 136 Å². The minimum Gasteiger partial charge on any atom is -0.457 e. The number of carbonyl (C=O) groups excluding carboxylic acids is 1. The Morgan fingerprint density at radius 3 is 2.91 bits per heavy atom. The Balaban J connectivity index is 1.77. The van der Waals surface area contributed by atoms with E-state index in [4.69, 9.17) is 16.3 Å². The number of hydrogen-bond acceptors (Lipinski definition) is 3. The molecule has 0 aliphatic carbocycles. The van der Waals surface area contributed by atoms with E-state index >= 15 is 0 Å². The van der Waals surface area contributed by atoms with Crippen molar-refractivity contribution in [1.82, 2.24) is 4.90 Å². The maximum atomic E-state index is 11.9. The van der Waals surface area contributed by atoms with Gasteiger partial charge >= 0.3 is 5.97 Å². The van der Waals surface area contributed by atoms with E-state index in [9.17, 15) is 4.79 Å². The number of halogens is 1. The van der Waals surface area contributed by atoms with Crippen molar-refractivity contribution in [3.63, 3.8) is 0 Å². The van der Waals surface area contributed by atoms with Gasteiger partial charge in [-0.05, 0) is 43.0 Å². The van der Waals surface area contributed by atoms with Gasteiger partial charge in [0.15, 0.2) is 0 Å². The van der Waals surface area contributed by atoms with Gasteiger partial charge in [-0.1, -0.05) is 30.7 Å². The number of carbonyl (C=O) groups is 1. The third-order valence-electron chi connectivity index (χ3n) is 4.44. The summed E-state index contributed by atoms with van der Waals surface area (Å²) in [5.74, 6) is -0.0582. The molecule has 2 aliphatic rings. The fourth-order valence-corrected chi connectivity index (χ4v) is 3.57. The van der Waals surface area contributed by atoms with Crippen molar-refractivity contribution < 1.29 is 9.53 Å². The van der Waals surface area contributed by atoms with Crippen LogP contribution < -0.4 is 0 Å². The highest BCUT2D eigenvalue weighted by molar-refractivity contribution is 6.30. The Morgan fingerprint density at radius 2 is 2.18 bits per heavy atom. The largest absolute Gasteiger partial charge is 0.457 e. The van der Waals surface area contributed by atoms with Crippen LogP contribution in [0.4, 0.5) is 0 Å². The van der Waals surface area contributed by atoms with Gasteiger partial charge in [-0.25, -0.2) is 0 Å². The molecule has 1 atom stereocenters. The number of nitrogens with zero attached hydrogens (tertiary/aromatic N) is 1. The third-order valence-corrected chi connectivity index (χ3v) is 4.69. The van der Waals surface area contributed by atoms with Gasteiger partial charge in [-0.2, -0.15) is 0 Å². The second-order valence-electron chi connectivity index (χ2n) is 6.30. The minimum atomic E-state index is -0.303. The molecule has 3 rings (SSSR count). The van der Waals surface area contributed by atoms with Crippen molar-refractivity contribution in [2.75, 3.05) is 13.1 Å². The van der Waals surface area contributed by atoms with E-state index in [0.717, 1.165) is 49.4 Å². The number of rotatable bonds is 4. The molecule has 2 heterocycles. The van der Waals surface area contributed by atoms with Gasteiger partial charge in [-0.15, -0.1) is 0 Å². The SMILES string of the molecule is CCCC(=O)OC12CCCN(C1)/C(=C/c1ccc(Cl)cc1)C2. The summed E-state index contributed by atoms with van der Waals surface area (Å²) in [4.78, 5) is 14.3. The van der Waals surface area contributed by atoms with Crippen molar-refractivity contribution in [2.24, 2.45) is 0 Å². The lowest BCUT2D eigenvalue weighted by Gasteiger charge is -2.33. The molecule has 0 N–H and O–H groups in total. The van der Waals surface area contributed by atoms with E-state index in [2.05, 4.69) is 11.0 Å². The summed E-state index contributed by atoms with van der Waals surface area (Å²) < 4.78 is 5.85. The Hall–Kier alpha value is -1.48. The standard InChI is InChI=1S/C18H22ClNO2/c1-2-4-17(21)22-18-9-3-10-20(13-18)16(12-18)11-14-5-7-15(19)8-6-14/h5-8,11H,2-4,9-10,12-13H2,1H3/b16-11+. The van der Waals surface area contributed by atoms with Crippen molar-refractivity contribution in [3.8, 4) is 0 Å². The monoisotopic (exact) mass is 319 g/mol. The molecule has 0 aromatic heterocycles. The summed E-state index contributed by atoms with van der Waals surface area (Å²) in [6.07, 6.45) is 6.42. The van der Waals surface area contributed by atoms with Crippen molar-refractivity contribution in [3.05, 3.63) is 40.5 Å². The zero-order chi connectivity index (χ0) is 15.6. The smallest absolute Gasteiger partial charge is 0.306 e. The molecule has 1 unspecified atom stereocenters. The van der Waals surface area contributed by atoms with E-state index < -0.39 is 0 Å². The summed E-state index contributed by atoms with van der Waals surface area (Å²) in [5, 5.41) is 0.748. The van der Waals surface area contributed by atoms with E-state index in [-0.39, 0.29) is 11.6 Å². The molecule has 0 spiro atoms. The molecule has 118 valence electrons. The predicted molar refractivity (Wildman–Crippen MR) is 88.6 cm³/mol. The average molecular weight is 320 g/mol. The first-order valence-corrected chi connectivity index (χ1v) is 8.41. The lowest BCUT2D eigenvalue weighted by Crippen LogP contribution is -2.42. The Kier molecular flexibility index (Phi) is 4.44. The second kappa shape index (κ2) is 6.33. The van der Waals surface area contributed by atoms with Crippen LogP contribution in [0.25, 0.3) is 6.08 Å². The Morgan fingerprint density at radius 1 is 1.41 bits per heavy atom. The van der Waals surface area contributed by atoms with Gasteiger partial charge in [0.05, 0.1) is 6.54 Å². The Bertz CT molecular complexity index is 581. The topological polar surface area (TPSA) is 29.5 Å². The fourth-order valence-electron chi connectivity index (χ4n) is 3.44. The van der Waals surface area contributed by atoms with Crippen molar-refractivity contribution >= 4 is 23.6 Å². The molecule has 2 saturated heterocycles. The van der Waals surface area contributed by atoms with E-state index in [1.165, 1.54) is 5.70 Å². The van der Waals surface area contributed by atoms with Crippen LogP contribution in [0.5, 0.6) is 0 Å². The number of benzene rings is 1. The quantitative estimate of drug-likeness (QED) is 0.776. The number of ether oxygens (including phenoxy) is 1. The lowest BCUT2D eigenvalue weighted by atomic mass is 9.94. The van der Waals surface area contributed by atoms with Crippen LogP contribution >= 0.6 is 11.6 Å². The van der Waals surface area contributed by atoms with Crippen LogP contribution in [0.3, 0.4) is 0 Å². The van der Waals surface area contributed by atoms with Crippen LogP contribution in [0.1, 0.15) is 44.6 Å². The predicted octanol–water partition coefficient (Wildman–Crippen LogP) is 4.26. The summed E-state index contributed by atoms with van der Waals surface area (Å²) >= 11 is 5.94. The first-order chi connectivity index (χ1) is 10.6. The summed E-state index contributed by atoms with van der Waals surface area (Å²) in [6, 6.07) is 7.85. The molecule has 0 amide bonds. The highest BCUT2D eigenvalue weighted by atomic mass is 35.5. The van der Waals surface area contributed by atoms with Crippen LogP contribution in [0, 0.1) is 0 Å². The lowest BCUT2D eigenvalue weighted by molar-refractivity contribution is -0.160. The van der Waals surface area contributed by atoms with Crippen molar-refractivity contribution in [2.45, 2.75) is 44.6 Å². The first kappa shape index (κ1) is 15.4. The molecule has 22 heavy (non-hydrogen) atoms. The minimum absolute atomic E-state index is 0.0582. The van der Waals surface area contributed by atoms with Gasteiger partial charge in [0.1, 0.15) is 5.60 Å². The normalized spacial score (nSPS) is 25.5. The van der Waals surface area contributed by atoms with Crippen LogP contribution in [-0.4, -0.2) is 29.6 Å². The average Bonchev–Trinajstić information content (AvgIpc) is 2.71. The highest BCUT2D eigenvalue weighted by Crippen LogP contribution is 2.41. The summed E-state index contributed by atoms with van der Waals surface area (Å²) in [5.41, 5.74) is 2.11. The van der Waals surface area contributed by atoms with E-state index in [0.29, 0.717) is 6.42 Å². The molecule has 2 aliphatic heterocycles. The zero-order valence-electron chi connectivity index (χ0n) is 13.0. The maximum Gasteiger partial charge on any atom is 0.306 e. The van der Waals surface area contributed by atoms with Gasteiger partial charge in [0.2, 0.25) is 0 Å². The van der Waals surface area contributed by atoms with E-state index in [1.807, 2.05) is 31.2 Å². The summed E-state index contributed by atoms with van der Waals surface area (Å²) in [7, 11) is 0. The molecule has 0 saturated carbocycles. The molecule has 1 aromatic rings. The molecule has 2 fully saturated rings. The number of fused-ring (bicyclic) bond motifs is 2. The third kappa shape index (κ3) is 3.30. The molecule has 3 nitrogen and oxygen atoms in total. The van der Waals surface area contributed by atoms with E-state index in [1.54, 1.807) is 0 Å². The maximum absolute atomic E-state index is 11.9. The number of hydrogen-bond donors (Lipinski definition) is 0. The van der Waals surface area contributed by atoms with Gasteiger partial charge in [0, 0.05) is 30.1 Å². The molecule has 1 aromatic carbocycles. The van der Waals surface area contributed by atoms with Crippen molar-refractivity contribution in [1.29, 1.82) is 0 Å². The zero-order valence-corrected chi connectivity index (χ0v) is 13.7. The van der Waals surface area contributed by atoms with Crippen LogP contribution in [0.15, 0.2) is 30.0 Å². The molecule has 4 heteroatoms. The van der Waals surface area contributed by atoms with Crippen LogP contribution in [0.2, 0.25) is 5.02 Å². The van der Waals surface area contributed by atoms with Gasteiger partial charge in [-0.3, -0.25) is 4.79 Å². The van der Waals surface area contributed by atoms with Gasteiger partial charge in [0.25, 0.3) is 0 Å². The molecule has 0 radical (unpaired) electrons. The van der Waals surface area contributed by atoms with Crippen LogP contribution in [-0.2, 0) is 9.53 Å². The summed E-state index contributed by atoms with van der Waals surface area (Å²) in [6.45, 7) is 3.89. The second-order valence-corrected chi connectivity index (χ2v) is 6.73. The molecular weight excluding hydrogens is 298 g/mol. The fraction of sp³-hybridized carbons (Fsp3) is 0.500.